The zero-order valence-corrected chi connectivity index (χ0v) is 21.2. The van der Waals surface area contributed by atoms with Crippen LogP contribution in [0.1, 0.15) is 48.8 Å². The molecule has 0 aromatic heterocycles. The van der Waals surface area contributed by atoms with Crippen LogP contribution in [0.4, 0.5) is 5.69 Å². The van der Waals surface area contributed by atoms with E-state index in [-0.39, 0.29) is 5.41 Å². The van der Waals surface area contributed by atoms with E-state index >= 15 is 0 Å². The van der Waals surface area contributed by atoms with Gasteiger partial charge in [0.25, 0.3) is 0 Å². The van der Waals surface area contributed by atoms with Gasteiger partial charge in [0, 0.05) is 50.5 Å². The first-order chi connectivity index (χ1) is 17.7. The molecule has 3 atom stereocenters. The number of nitrogens with two attached hydrogens (primary N) is 1. The lowest BCUT2D eigenvalue weighted by atomic mass is 9.72. The lowest BCUT2D eigenvalue weighted by Crippen LogP contribution is -2.66. The Balaban J connectivity index is 1.32. The first-order valence-electron chi connectivity index (χ1n) is 13.9. The van der Waals surface area contributed by atoms with Crippen LogP contribution in [0.25, 0.3) is 0 Å². The second-order valence-electron chi connectivity index (χ2n) is 11.6. The highest BCUT2D eigenvalue weighted by atomic mass is 15.5. The van der Waals surface area contributed by atoms with Gasteiger partial charge in [-0.25, -0.2) is 0 Å². The van der Waals surface area contributed by atoms with Crippen LogP contribution in [0, 0.1) is 0 Å². The van der Waals surface area contributed by atoms with E-state index in [0.29, 0.717) is 12.1 Å². The number of fused-ring (bicyclic) bond motifs is 1. The summed E-state index contributed by atoms with van der Waals surface area (Å²) in [6.07, 6.45) is 6.74. The van der Waals surface area contributed by atoms with Crippen molar-refractivity contribution in [2.24, 2.45) is 5.73 Å². The van der Waals surface area contributed by atoms with E-state index in [4.69, 9.17) is 5.73 Å². The van der Waals surface area contributed by atoms with Crippen molar-refractivity contribution in [1.82, 2.24) is 9.80 Å². The fourth-order valence-electron chi connectivity index (χ4n) is 8.14. The molecule has 36 heavy (non-hydrogen) atoms. The highest BCUT2D eigenvalue weighted by Gasteiger charge is 2.72. The van der Waals surface area contributed by atoms with Crippen molar-refractivity contribution in [3.05, 3.63) is 102 Å². The molecule has 1 spiro atoms. The maximum Gasteiger partial charge on any atom is 0.114 e. The standard InChI is InChI=1S/C32H38N4/c33-32-24-35(27-16-8-3-9-17-27)30-22-34(20-25-12-4-1-5-13-25)23-31(30,32)28-18-10-11-19-29(28)36(32)21-26-14-6-2-7-15-26/h1-2,4-7,10-15,18-19,27,30H,3,8-9,16-17,20-24,33H2. The van der Waals surface area contributed by atoms with Gasteiger partial charge in [-0.05, 0) is 35.6 Å². The summed E-state index contributed by atoms with van der Waals surface area (Å²) in [6.45, 7) is 4.93. The van der Waals surface area contributed by atoms with Gasteiger partial charge in [-0.2, -0.15) is 0 Å². The molecule has 3 aromatic rings. The summed E-state index contributed by atoms with van der Waals surface area (Å²) in [6, 6.07) is 32.2. The highest BCUT2D eigenvalue weighted by Crippen LogP contribution is 2.60. The van der Waals surface area contributed by atoms with E-state index in [2.05, 4.69) is 99.6 Å². The molecule has 4 aliphatic rings. The van der Waals surface area contributed by atoms with E-state index < -0.39 is 5.66 Å². The molecular weight excluding hydrogens is 440 g/mol. The molecule has 4 nitrogen and oxygen atoms in total. The van der Waals surface area contributed by atoms with Gasteiger partial charge in [0.05, 0.1) is 5.41 Å². The van der Waals surface area contributed by atoms with Crippen LogP contribution in [0.5, 0.6) is 0 Å². The van der Waals surface area contributed by atoms with Crippen molar-refractivity contribution in [3.8, 4) is 0 Å². The van der Waals surface area contributed by atoms with Crippen molar-refractivity contribution < 1.29 is 0 Å². The van der Waals surface area contributed by atoms with E-state index in [1.165, 1.54) is 54.5 Å². The lowest BCUT2D eigenvalue weighted by molar-refractivity contribution is 0.124. The lowest BCUT2D eigenvalue weighted by Gasteiger charge is -2.43. The second kappa shape index (κ2) is 8.72. The summed E-state index contributed by atoms with van der Waals surface area (Å²) in [7, 11) is 0. The molecular formula is C32H38N4. The minimum Gasteiger partial charge on any atom is -0.347 e. The molecule has 0 amide bonds. The molecule has 3 unspecified atom stereocenters. The van der Waals surface area contributed by atoms with Gasteiger partial charge in [0.15, 0.2) is 0 Å². The smallest absolute Gasteiger partial charge is 0.114 e. The van der Waals surface area contributed by atoms with Crippen LogP contribution in [0.15, 0.2) is 84.9 Å². The molecule has 3 aliphatic heterocycles. The van der Waals surface area contributed by atoms with Gasteiger partial charge in [-0.3, -0.25) is 9.80 Å². The van der Waals surface area contributed by atoms with Gasteiger partial charge in [-0.15, -0.1) is 0 Å². The van der Waals surface area contributed by atoms with Gasteiger partial charge in [0.2, 0.25) is 0 Å². The summed E-state index contributed by atoms with van der Waals surface area (Å²) in [5.41, 5.74) is 12.8. The Kier molecular flexibility index (Phi) is 5.46. The molecule has 1 aliphatic carbocycles. The van der Waals surface area contributed by atoms with Crippen molar-refractivity contribution in [3.63, 3.8) is 0 Å². The number of rotatable bonds is 5. The van der Waals surface area contributed by atoms with E-state index in [9.17, 15) is 0 Å². The van der Waals surface area contributed by atoms with E-state index in [1.54, 1.807) is 0 Å². The Hall–Kier alpha value is -2.66. The zero-order chi connectivity index (χ0) is 24.2. The number of anilines is 1. The molecule has 4 heteroatoms. The minimum atomic E-state index is -0.417. The third-order valence-corrected chi connectivity index (χ3v) is 9.70. The normalized spacial score (nSPS) is 30.4. The topological polar surface area (TPSA) is 35.7 Å². The first kappa shape index (κ1) is 22.5. The van der Waals surface area contributed by atoms with Gasteiger partial charge in [0.1, 0.15) is 5.66 Å². The molecule has 3 fully saturated rings. The van der Waals surface area contributed by atoms with Crippen LogP contribution in [-0.2, 0) is 18.5 Å². The fraction of sp³-hybridized carbons (Fsp3) is 0.438. The Morgan fingerprint density at radius 3 is 2.08 bits per heavy atom. The third-order valence-electron chi connectivity index (χ3n) is 9.70. The molecule has 3 heterocycles. The van der Waals surface area contributed by atoms with E-state index in [0.717, 1.165) is 32.7 Å². The average Bonchev–Trinajstić information content (AvgIpc) is 3.48. The molecule has 2 N–H and O–H groups in total. The van der Waals surface area contributed by atoms with Crippen LogP contribution in [0.2, 0.25) is 0 Å². The summed E-state index contributed by atoms with van der Waals surface area (Å²) in [5.74, 6) is 0. The monoisotopic (exact) mass is 478 g/mol. The largest absolute Gasteiger partial charge is 0.347 e. The Morgan fingerprint density at radius 1 is 0.722 bits per heavy atom. The number of para-hydroxylation sites is 1. The molecule has 0 radical (unpaired) electrons. The van der Waals surface area contributed by atoms with E-state index in [1.807, 2.05) is 0 Å². The predicted molar refractivity (Wildman–Crippen MR) is 147 cm³/mol. The Bertz CT molecular complexity index is 1210. The summed E-state index contributed by atoms with van der Waals surface area (Å²) in [5, 5.41) is 0. The SMILES string of the molecule is NC12CN(C3CCCCC3)C3CN(Cc4ccccc4)CC31c1ccccc1N2Cc1ccccc1. The number of likely N-dealkylation sites (tertiary alicyclic amines) is 2. The number of hydrogen-bond donors (Lipinski definition) is 1. The minimum absolute atomic E-state index is 0.0788. The van der Waals surface area contributed by atoms with Crippen molar-refractivity contribution in [1.29, 1.82) is 0 Å². The van der Waals surface area contributed by atoms with Crippen LogP contribution >= 0.6 is 0 Å². The van der Waals surface area contributed by atoms with Crippen molar-refractivity contribution in [2.45, 2.75) is 68.4 Å². The predicted octanol–water partition coefficient (Wildman–Crippen LogP) is 5.13. The maximum atomic E-state index is 7.79. The van der Waals surface area contributed by atoms with Crippen LogP contribution < -0.4 is 10.6 Å². The summed E-state index contributed by atoms with van der Waals surface area (Å²) < 4.78 is 0. The highest BCUT2D eigenvalue weighted by molar-refractivity contribution is 5.70. The third kappa shape index (κ3) is 3.31. The number of nitrogens with zero attached hydrogens (tertiary/aromatic N) is 3. The molecule has 186 valence electrons. The zero-order valence-electron chi connectivity index (χ0n) is 21.2. The summed E-state index contributed by atoms with van der Waals surface area (Å²) >= 11 is 0. The molecule has 3 aromatic carbocycles. The Morgan fingerprint density at radius 2 is 1.36 bits per heavy atom. The second-order valence-corrected chi connectivity index (χ2v) is 11.6. The number of hydrogen-bond acceptors (Lipinski definition) is 4. The van der Waals surface area contributed by atoms with Crippen molar-refractivity contribution in [2.75, 3.05) is 24.5 Å². The average molecular weight is 479 g/mol. The molecule has 1 saturated carbocycles. The first-order valence-corrected chi connectivity index (χ1v) is 13.9. The van der Waals surface area contributed by atoms with Crippen LogP contribution in [0.3, 0.4) is 0 Å². The van der Waals surface area contributed by atoms with Gasteiger partial charge >= 0.3 is 0 Å². The van der Waals surface area contributed by atoms with Gasteiger partial charge < -0.3 is 10.6 Å². The van der Waals surface area contributed by atoms with Crippen LogP contribution in [-0.4, -0.2) is 47.2 Å². The molecule has 7 rings (SSSR count). The fourth-order valence-corrected chi connectivity index (χ4v) is 8.14. The summed E-state index contributed by atoms with van der Waals surface area (Å²) in [4.78, 5) is 8.15. The number of benzene rings is 3. The molecule has 2 saturated heterocycles. The quantitative estimate of drug-likeness (QED) is 0.551. The maximum absolute atomic E-state index is 7.79. The van der Waals surface area contributed by atoms with Gasteiger partial charge in [-0.1, -0.05) is 98.1 Å². The van der Waals surface area contributed by atoms with Crippen molar-refractivity contribution >= 4 is 5.69 Å². The molecule has 0 bridgehead atoms. The Labute approximate surface area is 215 Å².